The van der Waals surface area contributed by atoms with Crippen molar-refractivity contribution in [2.45, 2.75) is 31.2 Å². The van der Waals surface area contributed by atoms with E-state index in [1.54, 1.807) is 24.5 Å². The Balaban J connectivity index is 3.41. The third kappa shape index (κ3) is 4.02. The number of nitriles is 1. The van der Waals surface area contributed by atoms with E-state index in [-0.39, 0.29) is 15.3 Å². The number of thioether (sulfide) groups is 1. The van der Waals surface area contributed by atoms with E-state index in [0.717, 1.165) is 0 Å². The summed E-state index contributed by atoms with van der Waals surface area (Å²) in [6, 6.07) is 9.81. The number of allylic oxidation sites excluding steroid dienone is 1. The molecular formula is C14H18N2O2S2. The molecule has 0 aliphatic rings. The van der Waals surface area contributed by atoms with Crippen molar-refractivity contribution in [2.24, 2.45) is 0 Å². The fourth-order valence-electron chi connectivity index (χ4n) is 1.49. The van der Waals surface area contributed by atoms with Crippen LogP contribution >= 0.6 is 11.8 Å². The molecule has 0 bridgehead atoms. The van der Waals surface area contributed by atoms with E-state index in [2.05, 4.69) is 5.32 Å². The van der Waals surface area contributed by atoms with E-state index in [1.165, 1.54) is 23.9 Å². The van der Waals surface area contributed by atoms with Gasteiger partial charge in [-0.3, -0.25) is 0 Å². The third-order valence-corrected chi connectivity index (χ3v) is 4.89. The van der Waals surface area contributed by atoms with Gasteiger partial charge in [-0.25, -0.2) is 8.42 Å². The summed E-state index contributed by atoms with van der Waals surface area (Å²) in [5, 5.41) is 12.7. The van der Waals surface area contributed by atoms with Crippen molar-refractivity contribution in [3.05, 3.63) is 40.3 Å². The first-order chi connectivity index (χ1) is 9.22. The van der Waals surface area contributed by atoms with Crippen molar-refractivity contribution in [2.75, 3.05) is 6.26 Å². The minimum atomic E-state index is -3.80. The maximum Gasteiger partial charge on any atom is 0.219 e. The minimum absolute atomic E-state index is 0.124. The Morgan fingerprint density at radius 1 is 1.25 bits per heavy atom. The summed E-state index contributed by atoms with van der Waals surface area (Å²) in [4.78, 5) is -0.120. The maximum absolute atomic E-state index is 12.5. The Hall–Kier alpha value is -1.45. The van der Waals surface area contributed by atoms with Gasteiger partial charge in [0.25, 0.3) is 0 Å². The van der Waals surface area contributed by atoms with Crippen molar-refractivity contribution in [3.8, 4) is 6.07 Å². The molecule has 1 aromatic rings. The van der Waals surface area contributed by atoms with Gasteiger partial charge in [-0.2, -0.15) is 5.26 Å². The van der Waals surface area contributed by atoms with E-state index in [0.29, 0.717) is 5.03 Å². The first-order valence-corrected chi connectivity index (χ1v) is 8.70. The van der Waals surface area contributed by atoms with Crippen LogP contribution in [0.2, 0.25) is 0 Å². The summed E-state index contributed by atoms with van der Waals surface area (Å²) in [5.74, 6) is 0. The van der Waals surface area contributed by atoms with Gasteiger partial charge in [0.1, 0.15) is 6.07 Å². The van der Waals surface area contributed by atoms with Crippen LogP contribution in [0.15, 0.2) is 45.2 Å². The second-order valence-corrected chi connectivity index (χ2v) is 7.87. The summed E-state index contributed by atoms with van der Waals surface area (Å²) in [7, 11) is -3.80. The lowest BCUT2D eigenvalue weighted by Gasteiger charge is -2.24. The molecule has 0 fully saturated rings. The molecule has 0 saturated heterocycles. The molecule has 0 saturated carbocycles. The molecule has 1 rings (SSSR count). The van der Waals surface area contributed by atoms with Gasteiger partial charge in [-0.1, -0.05) is 18.2 Å². The van der Waals surface area contributed by atoms with E-state index >= 15 is 0 Å². The molecule has 0 unspecified atom stereocenters. The van der Waals surface area contributed by atoms with Gasteiger partial charge >= 0.3 is 0 Å². The number of nitrogens with one attached hydrogen (secondary N) is 1. The fourth-order valence-corrected chi connectivity index (χ4v) is 3.88. The van der Waals surface area contributed by atoms with E-state index in [4.69, 9.17) is 0 Å². The molecule has 6 heteroatoms. The van der Waals surface area contributed by atoms with Crippen LogP contribution in [0.5, 0.6) is 0 Å². The molecule has 0 radical (unpaired) electrons. The first kappa shape index (κ1) is 16.6. The number of rotatable bonds is 4. The predicted octanol–water partition coefficient (Wildman–Crippen LogP) is 2.90. The molecular weight excluding hydrogens is 292 g/mol. The van der Waals surface area contributed by atoms with Crippen LogP contribution in [0.4, 0.5) is 0 Å². The summed E-state index contributed by atoms with van der Waals surface area (Å²) >= 11 is 1.22. The smallest absolute Gasteiger partial charge is 0.219 e. The molecule has 1 aromatic carbocycles. The highest BCUT2D eigenvalue weighted by Crippen LogP contribution is 2.26. The Kier molecular flexibility index (Phi) is 5.26. The first-order valence-electron chi connectivity index (χ1n) is 5.99. The molecule has 20 heavy (non-hydrogen) atoms. The number of nitrogens with zero attached hydrogens (tertiary/aromatic N) is 1. The van der Waals surface area contributed by atoms with Gasteiger partial charge in [0.15, 0.2) is 4.91 Å². The van der Waals surface area contributed by atoms with Crippen LogP contribution in [0.1, 0.15) is 20.8 Å². The average molecular weight is 310 g/mol. The Morgan fingerprint density at radius 2 is 1.80 bits per heavy atom. The maximum atomic E-state index is 12.5. The zero-order valence-corrected chi connectivity index (χ0v) is 13.6. The fraction of sp³-hybridized carbons (Fsp3) is 0.357. The Morgan fingerprint density at radius 3 is 2.20 bits per heavy atom. The summed E-state index contributed by atoms with van der Waals surface area (Å²) in [6.45, 7) is 5.73. The van der Waals surface area contributed by atoms with Crippen molar-refractivity contribution in [3.63, 3.8) is 0 Å². The van der Waals surface area contributed by atoms with Crippen molar-refractivity contribution >= 4 is 21.6 Å². The normalized spacial score (nSPS) is 13.3. The van der Waals surface area contributed by atoms with Gasteiger partial charge in [-0.15, -0.1) is 11.8 Å². The Bertz CT molecular complexity index is 636. The summed E-state index contributed by atoms with van der Waals surface area (Å²) in [6.07, 6.45) is 1.74. The van der Waals surface area contributed by atoms with E-state index in [9.17, 15) is 13.7 Å². The predicted molar refractivity (Wildman–Crippen MR) is 82.7 cm³/mol. The van der Waals surface area contributed by atoms with Crippen molar-refractivity contribution < 1.29 is 8.42 Å². The average Bonchev–Trinajstić information content (AvgIpc) is 2.37. The van der Waals surface area contributed by atoms with Gasteiger partial charge in [0.2, 0.25) is 9.84 Å². The lowest BCUT2D eigenvalue weighted by atomic mass is 10.1. The van der Waals surface area contributed by atoms with Crippen molar-refractivity contribution in [1.29, 1.82) is 5.26 Å². The topological polar surface area (TPSA) is 70.0 Å². The molecule has 0 aliphatic carbocycles. The zero-order chi connectivity index (χ0) is 15.4. The molecule has 1 N–H and O–H groups in total. The summed E-state index contributed by atoms with van der Waals surface area (Å²) < 4.78 is 25.0. The quantitative estimate of drug-likeness (QED) is 0.866. The molecule has 0 amide bonds. The lowest BCUT2D eigenvalue weighted by Crippen LogP contribution is -2.35. The van der Waals surface area contributed by atoms with Gasteiger partial charge in [0, 0.05) is 5.54 Å². The molecule has 0 spiro atoms. The number of benzene rings is 1. The van der Waals surface area contributed by atoms with Crippen LogP contribution in [0.25, 0.3) is 0 Å². The monoisotopic (exact) mass is 310 g/mol. The number of hydrogen-bond donors (Lipinski definition) is 1. The molecule has 108 valence electrons. The molecule has 0 aromatic heterocycles. The second kappa shape index (κ2) is 6.33. The minimum Gasteiger partial charge on any atom is -0.374 e. The zero-order valence-electron chi connectivity index (χ0n) is 12.0. The summed E-state index contributed by atoms with van der Waals surface area (Å²) in [5.41, 5.74) is -0.327. The van der Waals surface area contributed by atoms with Gasteiger partial charge in [-0.05, 0) is 39.2 Å². The highest BCUT2D eigenvalue weighted by molar-refractivity contribution is 8.04. The molecule has 0 atom stereocenters. The van der Waals surface area contributed by atoms with Crippen LogP contribution < -0.4 is 5.32 Å². The van der Waals surface area contributed by atoms with Gasteiger partial charge in [0.05, 0.1) is 9.92 Å². The number of hydrogen-bond acceptors (Lipinski definition) is 5. The molecule has 0 heterocycles. The second-order valence-electron chi connectivity index (χ2n) is 5.17. The molecule has 4 nitrogen and oxygen atoms in total. The highest BCUT2D eigenvalue weighted by atomic mass is 32.2. The lowest BCUT2D eigenvalue weighted by molar-refractivity contribution is 0.486. The largest absolute Gasteiger partial charge is 0.374 e. The van der Waals surface area contributed by atoms with Crippen LogP contribution in [-0.4, -0.2) is 20.2 Å². The van der Waals surface area contributed by atoms with Crippen LogP contribution in [-0.2, 0) is 9.84 Å². The van der Waals surface area contributed by atoms with Gasteiger partial charge < -0.3 is 5.32 Å². The van der Waals surface area contributed by atoms with Crippen LogP contribution in [0, 0.1) is 11.3 Å². The van der Waals surface area contributed by atoms with E-state index in [1.807, 2.05) is 26.8 Å². The third-order valence-electron chi connectivity index (χ3n) is 2.32. The highest BCUT2D eigenvalue weighted by Gasteiger charge is 2.26. The SMILES string of the molecule is CS/C(NC(C)(C)C)=C(\C#N)S(=O)(=O)c1ccccc1. The standard InChI is InChI=1S/C14H18N2O2S2/c1-14(2,3)16-13(19-4)12(10-15)20(17,18)11-8-6-5-7-9-11/h5-9,16H,1-4H3/b13-12+. The van der Waals surface area contributed by atoms with E-state index < -0.39 is 9.84 Å². The molecule has 0 aliphatic heterocycles. The number of sulfone groups is 1. The Labute approximate surface area is 124 Å². The van der Waals surface area contributed by atoms with Crippen LogP contribution in [0.3, 0.4) is 0 Å². The van der Waals surface area contributed by atoms with Crippen molar-refractivity contribution in [1.82, 2.24) is 5.32 Å².